The Hall–Kier alpha value is -2.77. The SMILES string of the molecule is COc1ccc(-n2cc(C#Cc3ccnc(Cl)c3)nc2C)cc1. The lowest BCUT2D eigenvalue weighted by molar-refractivity contribution is 0.414. The van der Waals surface area contributed by atoms with Crippen molar-refractivity contribution in [2.75, 3.05) is 7.11 Å². The number of rotatable bonds is 2. The van der Waals surface area contributed by atoms with Gasteiger partial charge in [0.15, 0.2) is 0 Å². The largest absolute Gasteiger partial charge is 0.497 e. The van der Waals surface area contributed by atoms with Gasteiger partial charge in [-0.3, -0.25) is 0 Å². The highest BCUT2D eigenvalue weighted by atomic mass is 35.5. The number of pyridine rings is 1. The number of nitrogens with zero attached hydrogens (tertiary/aromatic N) is 3. The molecule has 4 nitrogen and oxygen atoms in total. The molecule has 0 spiro atoms. The summed E-state index contributed by atoms with van der Waals surface area (Å²) in [6.45, 7) is 1.94. The fourth-order valence-corrected chi connectivity index (χ4v) is 2.33. The zero-order chi connectivity index (χ0) is 16.2. The minimum absolute atomic E-state index is 0.428. The zero-order valence-electron chi connectivity index (χ0n) is 12.7. The second-order valence-electron chi connectivity index (χ2n) is 4.86. The van der Waals surface area contributed by atoms with Crippen LogP contribution in [0.5, 0.6) is 5.75 Å². The van der Waals surface area contributed by atoms with Crippen LogP contribution in [0.2, 0.25) is 5.15 Å². The normalized spacial score (nSPS) is 10.0. The first-order valence-electron chi connectivity index (χ1n) is 7.00. The first-order valence-corrected chi connectivity index (χ1v) is 7.37. The van der Waals surface area contributed by atoms with E-state index < -0.39 is 0 Å². The lowest BCUT2D eigenvalue weighted by atomic mass is 10.2. The zero-order valence-corrected chi connectivity index (χ0v) is 13.5. The van der Waals surface area contributed by atoms with E-state index in [1.54, 1.807) is 19.4 Å². The highest BCUT2D eigenvalue weighted by Gasteiger charge is 2.04. The van der Waals surface area contributed by atoms with Gasteiger partial charge in [0.25, 0.3) is 0 Å². The molecule has 3 aromatic rings. The predicted molar refractivity (Wildman–Crippen MR) is 90.1 cm³/mol. The first kappa shape index (κ1) is 15.1. The van der Waals surface area contributed by atoms with Crippen LogP contribution in [0.15, 0.2) is 48.8 Å². The molecule has 0 aliphatic rings. The van der Waals surface area contributed by atoms with Crippen molar-refractivity contribution in [1.82, 2.24) is 14.5 Å². The molecule has 0 bridgehead atoms. The van der Waals surface area contributed by atoms with E-state index >= 15 is 0 Å². The van der Waals surface area contributed by atoms with Crippen LogP contribution in [0.1, 0.15) is 17.1 Å². The monoisotopic (exact) mass is 323 g/mol. The van der Waals surface area contributed by atoms with Gasteiger partial charge in [-0.15, -0.1) is 0 Å². The van der Waals surface area contributed by atoms with Gasteiger partial charge in [-0.25, -0.2) is 9.97 Å². The molecule has 0 saturated heterocycles. The maximum absolute atomic E-state index is 5.85. The average molecular weight is 324 g/mol. The first-order chi connectivity index (χ1) is 11.2. The third kappa shape index (κ3) is 3.53. The third-order valence-corrected chi connectivity index (χ3v) is 3.50. The molecule has 0 N–H and O–H groups in total. The van der Waals surface area contributed by atoms with Crippen molar-refractivity contribution < 1.29 is 4.74 Å². The molecule has 5 heteroatoms. The molecule has 23 heavy (non-hydrogen) atoms. The van der Waals surface area contributed by atoms with Crippen LogP contribution < -0.4 is 4.74 Å². The van der Waals surface area contributed by atoms with E-state index in [1.807, 2.05) is 48.0 Å². The smallest absolute Gasteiger partial charge is 0.132 e. The molecule has 0 aliphatic carbocycles. The Balaban J connectivity index is 1.89. The van der Waals surface area contributed by atoms with E-state index in [0.717, 1.165) is 22.8 Å². The van der Waals surface area contributed by atoms with Crippen molar-refractivity contribution in [2.45, 2.75) is 6.92 Å². The third-order valence-electron chi connectivity index (χ3n) is 3.29. The van der Waals surface area contributed by atoms with E-state index in [0.29, 0.717) is 10.8 Å². The molecule has 0 atom stereocenters. The van der Waals surface area contributed by atoms with E-state index in [2.05, 4.69) is 21.8 Å². The van der Waals surface area contributed by atoms with Crippen molar-refractivity contribution in [1.29, 1.82) is 0 Å². The van der Waals surface area contributed by atoms with Gasteiger partial charge >= 0.3 is 0 Å². The summed E-state index contributed by atoms with van der Waals surface area (Å²) in [5.41, 5.74) is 2.52. The summed E-state index contributed by atoms with van der Waals surface area (Å²) in [7, 11) is 1.65. The van der Waals surface area contributed by atoms with Crippen LogP contribution >= 0.6 is 11.6 Å². The van der Waals surface area contributed by atoms with Crippen molar-refractivity contribution in [3.8, 4) is 23.3 Å². The molecule has 0 aliphatic heterocycles. The number of hydrogen-bond donors (Lipinski definition) is 0. The van der Waals surface area contributed by atoms with Crippen LogP contribution in [0.3, 0.4) is 0 Å². The Labute approximate surface area is 139 Å². The molecule has 0 fully saturated rings. The Morgan fingerprint density at radius 1 is 1.13 bits per heavy atom. The number of methoxy groups -OCH3 is 1. The number of ether oxygens (including phenoxy) is 1. The minimum atomic E-state index is 0.428. The molecule has 2 aromatic heterocycles. The number of imidazole rings is 1. The summed E-state index contributed by atoms with van der Waals surface area (Å²) in [5.74, 6) is 7.78. The molecule has 2 heterocycles. The summed E-state index contributed by atoms with van der Waals surface area (Å²) in [4.78, 5) is 8.41. The van der Waals surface area contributed by atoms with Gasteiger partial charge in [0.05, 0.1) is 7.11 Å². The van der Waals surface area contributed by atoms with Gasteiger partial charge in [0.1, 0.15) is 22.4 Å². The van der Waals surface area contributed by atoms with Gasteiger partial charge in [-0.05, 0) is 49.2 Å². The lowest BCUT2D eigenvalue weighted by Crippen LogP contribution is -1.95. The van der Waals surface area contributed by atoms with Crippen molar-refractivity contribution in [3.05, 3.63) is 71.0 Å². The number of benzene rings is 1. The van der Waals surface area contributed by atoms with Gasteiger partial charge < -0.3 is 9.30 Å². The summed E-state index contributed by atoms with van der Waals surface area (Å²) >= 11 is 5.85. The number of aryl methyl sites for hydroxylation is 1. The minimum Gasteiger partial charge on any atom is -0.497 e. The quantitative estimate of drug-likeness (QED) is 0.534. The lowest BCUT2D eigenvalue weighted by Gasteiger charge is -2.05. The number of hydrogen-bond acceptors (Lipinski definition) is 3. The van der Waals surface area contributed by atoms with E-state index in [9.17, 15) is 0 Å². The van der Waals surface area contributed by atoms with Crippen LogP contribution in [-0.2, 0) is 0 Å². The molecular formula is C18H14ClN3O. The van der Waals surface area contributed by atoms with Crippen molar-refractivity contribution in [2.24, 2.45) is 0 Å². The molecule has 0 unspecified atom stereocenters. The average Bonchev–Trinajstić information content (AvgIpc) is 2.94. The van der Waals surface area contributed by atoms with Gasteiger partial charge in [0, 0.05) is 23.6 Å². The molecule has 3 rings (SSSR count). The Bertz CT molecular complexity index is 889. The van der Waals surface area contributed by atoms with E-state index in [4.69, 9.17) is 16.3 Å². The second kappa shape index (κ2) is 6.55. The Morgan fingerprint density at radius 2 is 1.91 bits per heavy atom. The maximum Gasteiger partial charge on any atom is 0.132 e. The Morgan fingerprint density at radius 3 is 2.61 bits per heavy atom. The summed E-state index contributed by atoms with van der Waals surface area (Å²) < 4.78 is 7.16. The van der Waals surface area contributed by atoms with Crippen LogP contribution in [0, 0.1) is 18.8 Å². The summed E-state index contributed by atoms with van der Waals surface area (Å²) in [6.07, 6.45) is 3.54. The Kier molecular flexibility index (Phi) is 4.31. The van der Waals surface area contributed by atoms with Crippen LogP contribution in [0.25, 0.3) is 5.69 Å². The van der Waals surface area contributed by atoms with E-state index in [1.165, 1.54) is 0 Å². The standard InChI is InChI=1S/C18H14ClN3O/c1-13-21-15(4-3-14-9-10-20-18(19)11-14)12-22(13)16-5-7-17(23-2)8-6-16/h5-12H,1-2H3. The predicted octanol–water partition coefficient (Wildman–Crippen LogP) is 3.64. The second-order valence-corrected chi connectivity index (χ2v) is 5.25. The molecule has 0 radical (unpaired) electrons. The highest BCUT2D eigenvalue weighted by Crippen LogP contribution is 2.17. The van der Waals surface area contributed by atoms with Gasteiger partial charge in [0.2, 0.25) is 0 Å². The molecule has 114 valence electrons. The van der Waals surface area contributed by atoms with Gasteiger partial charge in [-0.1, -0.05) is 17.5 Å². The highest BCUT2D eigenvalue weighted by molar-refractivity contribution is 6.29. The van der Waals surface area contributed by atoms with Crippen LogP contribution in [-0.4, -0.2) is 21.6 Å². The summed E-state index contributed by atoms with van der Waals surface area (Å²) in [6, 6.07) is 11.3. The van der Waals surface area contributed by atoms with Crippen LogP contribution in [0.4, 0.5) is 0 Å². The molecular weight excluding hydrogens is 310 g/mol. The van der Waals surface area contributed by atoms with Crippen molar-refractivity contribution in [3.63, 3.8) is 0 Å². The maximum atomic E-state index is 5.85. The summed E-state index contributed by atoms with van der Waals surface area (Å²) in [5, 5.41) is 0.428. The number of aromatic nitrogens is 3. The van der Waals surface area contributed by atoms with Gasteiger partial charge in [-0.2, -0.15) is 0 Å². The molecule has 0 amide bonds. The van der Waals surface area contributed by atoms with Crippen molar-refractivity contribution >= 4 is 11.6 Å². The van der Waals surface area contributed by atoms with E-state index in [-0.39, 0.29) is 0 Å². The fourth-order valence-electron chi connectivity index (χ4n) is 2.15. The topological polar surface area (TPSA) is 39.9 Å². The molecule has 1 aromatic carbocycles. The number of halogens is 1. The fraction of sp³-hybridized carbons (Fsp3) is 0.111. The molecule has 0 saturated carbocycles.